The lowest BCUT2D eigenvalue weighted by molar-refractivity contribution is 0.352. The summed E-state index contributed by atoms with van der Waals surface area (Å²) >= 11 is 0. The van der Waals surface area contributed by atoms with Gasteiger partial charge in [0.15, 0.2) is 0 Å². The van der Waals surface area contributed by atoms with E-state index in [0.29, 0.717) is 0 Å². The summed E-state index contributed by atoms with van der Waals surface area (Å²) in [5, 5.41) is 0. The van der Waals surface area contributed by atoms with Crippen LogP contribution in [-0.2, 0) is 12.8 Å². The van der Waals surface area contributed by atoms with E-state index >= 15 is 0 Å². The van der Waals surface area contributed by atoms with Crippen molar-refractivity contribution in [3.63, 3.8) is 0 Å². The smallest absolute Gasteiger partial charge is 0.126 e. The van der Waals surface area contributed by atoms with Crippen LogP contribution in [0.2, 0.25) is 0 Å². The molecule has 4 heteroatoms. The molecule has 1 atom stereocenters. The largest absolute Gasteiger partial charge is 0.493 e. The summed E-state index contributed by atoms with van der Waals surface area (Å²) in [6, 6.07) is 12.6. The number of hydrogen-bond donors (Lipinski definition) is 1. The van der Waals surface area contributed by atoms with Crippen molar-refractivity contribution in [2.75, 3.05) is 6.61 Å². The van der Waals surface area contributed by atoms with E-state index in [0.717, 1.165) is 42.3 Å². The Kier molecular flexibility index (Phi) is 3.58. The molecule has 0 amide bonds. The Labute approximate surface area is 135 Å². The molecule has 3 heterocycles. The van der Waals surface area contributed by atoms with Gasteiger partial charge in [-0.2, -0.15) is 0 Å². The third kappa shape index (κ3) is 2.72. The van der Waals surface area contributed by atoms with Crippen LogP contribution in [-0.4, -0.2) is 21.6 Å². The molecular weight excluding hydrogens is 286 g/mol. The van der Waals surface area contributed by atoms with Gasteiger partial charge < -0.3 is 9.72 Å². The summed E-state index contributed by atoms with van der Waals surface area (Å²) in [5.41, 5.74) is 5.73. The zero-order valence-corrected chi connectivity index (χ0v) is 13.1. The highest BCUT2D eigenvalue weighted by molar-refractivity contribution is 5.48. The lowest BCUT2D eigenvalue weighted by Crippen LogP contribution is -2.09. The minimum atomic E-state index is 0.167. The second kappa shape index (κ2) is 5.88. The van der Waals surface area contributed by atoms with Gasteiger partial charge in [-0.15, -0.1) is 0 Å². The Morgan fingerprint density at radius 1 is 1.22 bits per heavy atom. The summed E-state index contributed by atoms with van der Waals surface area (Å²) in [5.74, 6) is 1.21. The van der Waals surface area contributed by atoms with Crippen molar-refractivity contribution in [3.05, 3.63) is 77.1 Å². The zero-order chi connectivity index (χ0) is 15.6. The number of H-pyrrole nitrogens is 1. The topological polar surface area (TPSA) is 50.8 Å². The Morgan fingerprint density at radius 2 is 2.13 bits per heavy atom. The van der Waals surface area contributed by atoms with Crippen molar-refractivity contribution in [1.82, 2.24) is 15.0 Å². The molecule has 0 fully saturated rings. The fraction of sp³-hybridized carbons (Fsp3) is 0.263. The van der Waals surface area contributed by atoms with E-state index < -0.39 is 0 Å². The van der Waals surface area contributed by atoms with Crippen LogP contribution in [0.1, 0.15) is 34.1 Å². The van der Waals surface area contributed by atoms with Crippen molar-refractivity contribution in [2.24, 2.45) is 0 Å². The molecule has 0 saturated heterocycles. The van der Waals surface area contributed by atoms with Crippen LogP contribution in [0, 0.1) is 6.92 Å². The number of aryl methyl sites for hydroxylation is 1. The molecule has 1 aromatic carbocycles. The van der Waals surface area contributed by atoms with Crippen LogP contribution in [0.15, 0.2) is 48.9 Å². The van der Waals surface area contributed by atoms with Crippen LogP contribution in [0.3, 0.4) is 0 Å². The average Bonchev–Trinajstić information content (AvgIpc) is 3.23. The van der Waals surface area contributed by atoms with Crippen LogP contribution < -0.4 is 4.74 Å². The first kappa shape index (κ1) is 14.0. The number of aromatic nitrogens is 3. The van der Waals surface area contributed by atoms with E-state index in [9.17, 15) is 0 Å². The maximum absolute atomic E-state index is 5.92. The van der Waals surface area contributed by atoms with Gasteiger partial charge in [-0.25, -0.2) is 4.98 Å². The molecule has 1 N–H and O–H groups in total. The fourth-order valence-electron chi connectivity index (χ4n) is 3.28. The molecule has 0 aliphatic carbocycles. The van der Waals surface area contributed by atoms with Crippen LogP contribution in [0.4, 0.5) is 0 Å². The number of ether oxygens (including phenoxy) is 1. The number of aromatic amines is 1. The minimum Gasteiger partial charge on any atom is -0.493 e. The number of pyridine rings is 1. The van der Waals surface area contributed by atoms with Gasteiger partial charge in [0, 0.05) is 47.6 Å². The predicted octanol–water partition coefficient (Wildman–Crippen LogP) is 3.42. The summed E-state index contributed by atoms with van der Waals surface area (Å²) in [7, 11) is 0. The van der Waals surface area contributed by atoms with Gasteiger partial charge in [0.05, 0.1) is 12.9 Å². The number of rotatable bonds is 4. The monoisotopic (exact) mass is 305 g/mol. The summed E-state index contributed by atoms with van der Waals surface area (Å²) < 4.78 is 5.92. The molecule has 1 aliphatic rings. The van der Waals surface area contributed by atoms with Gasteiger partial charge >= 0.3 is 0 Å². The number of para-hydroxylation sites is 1. The second-order valence-electron chi connectivity index (χ2n) is 5.97. The van der Waals surface area contributed by atoms with Gasteiger partial charge in [-0.1, -0.05) is 24.3 Å². The Hall–Kier alpha value is -2.62. The highest BCUT2D eigenvalue weighted by Gasteiger charge is 2.25. The fourth-order valence-corrected chi connectivity index (χ4v) is 3.28. The Bertz CT molecular complexity index is 811. The van der Waals surface area contributed by atoms with Crippen LogP contribution in [0.25, 0.3) is 0 Å². The minimum absolute atomic E-state index is 0.167. The number of nitrogens with one attached hydrogen (secondary N) is 1. The Morgan fingerprint density at radius 3 is 2.96 bits per heavy atom. The molecule has 2 aromatic heterocycles. The first-order chi connectivity index (χ1) is 11.3. The van der Waals surface area contributed by atoms with Crippen molar-refractivity contribution in [3.8, 4) is 5.75 Å². The zero-order valence-electron chi connectivity index (χ0n) is 13.1. The summed E-state index contributed by atoms with van der Waals surface area (Å²) in [6.07, 6.45) is 5.44. The lowest BCUT2D eigenvalue weighted by Gasteiger charge is -2.18. The van der Waals surface area contributed by atoms with Gasteiger partial charge in [0.25, 0.3) is 0 Å². The second-order valence-corrected chi connectivity index (χ2v) is 5.97. The quantitative estimate of drug-likeness (QED) is 0.803. The van der Waals surface area contributed by atoms with Crippen molar-refractivity contribution in [1.29, 1.82) is 0 Å². The molecule has 0 spiro atoms. The van der Waals surface area contributed by atoms with Gasteiger partial charge in [0.1, 0.15) is 5.75 Å². The SMILES string of the molecule is Cc1cccc(C[C@@H](c2cnc[nH]2)c2cccc3c2OCC3)n1. The highest BCUT2D eigenvalue weighted by atomic mass is 16.5. The lowest BCUT2D eigenvalue weighted by atomic mass is 9.89. The molecule has 4 rings (SSSR count). The van der Waals surface area contributed by atoms with Crippen molar-refractivity contribution in [2.45, 2.75) is 25.7 Å². The van der Waals surface area contributed by atoms with E-state index in [4.69, 9.17) is 4.74 Å². The number of nitrogens with zero attached hydrogens (tertiary/aromatic N) is 2. The maximum Gasteiger partial charge on any atom is 0.126 e. The van der Waals surface area contributed by atoms with Gasteiger partial charge in [-0.05, 0) is 24.6 Å². The standard InChI is InChI=1S/C19H19N3O/c1-13-4-2-6-15(22-13)10-17(18-11-20-12-21-18)16-7-3-5-14-8-9-23-19(14)16/h2-7,11-12,17H,8-10H2,1H3,(H,20,21)/t17-/m1/s1. The number of fused-ring (bicyclic) bond motifs is 1. The molecule has 0 saturated carbocycles. The molecule has 4 nitrogen and oxygen atoms in total. The van der Waals surface area contributed by atoms with E-state index in [1.165, 1.54) is 11.1 Å². The number of benzene rings is 1. The molecule has 23 heavy (non-hydrogen) atoms. The van der Waals surface area contributed by atoms with Crippen LogP contribution >= 0.6 is 0 Å². The molecule has 0 radical (unpaired) electrons. The number of hydrogen-bond acceptors (Lipinski definition) is 3. The molecule has 3 aromatic rings. The highest BCUT2D eigenvalue weighted by Crippen LogP contribution is 2.38. The van der Waals surface area contributed by atoms with Crippen molar-refractivity contribution >= 4 is 0 Å². The van der Waals surface area contributed by atoms with Crippen molar-refractivity contribution < 1.29 is 4.74 Å². The Balaban J connectivity index is 1.77. The van der Waals surface area contributed by atoms with E-state index in [1.807, 2.05) is 19.2 Å². The molecule has 0 unspecified atom stereocenters. The first-order valence-corrected chi connectivity index (χ1v) is 7.96. The van der Waals surface area contributed by atoms with E-state index in [2.05, 4.69) is 45.3 Å². The van der Waals surface area contributed by atoms with Gasteiger partial charge in [0.2, 0.25) is 0 Å². The first-order valence-electron chi connectivity index (χ1n) is 7.96. The predicted molar refractivity (Wildman–Crippen MR) is 88.7 cm³/mol. The summed E-state index contributed by atoms with van der Waals surface area (Å²) in [4.78, 5) is 12.1. The number of imidazole rings is 1. The molecule has 0 bridgehead atoms. The third-order valence-corrected chi connectivity index (χ3v) is 4.37. The average molecular weight is 305 g/mol. The van der Waals surface area contributed by atoms with E-state index in [1.54, 1.807) is 6.33 Å². The third-order valence-electron chi connectivity index (χ3n) is 4.37. The summed E-state index contributed by atoms with van der Waals surface area (Å²) in [6.45, 7) is 2.79. The maximum atomic E-state index is 5.92. The molecular formula is C19H19N3O. The van der Waals surface area contributed by atoms with E-state index in [-0.39, 0.29) is 5.92 Å². The van der Waals surface area contributed by atoms with Gasteiger partial charge in [-0.3, -0.25) is 4.98 Å². The normalized spacial score (nSPS) is 14.3. The van der Waals surface area contributed by atoms with Crippen LogP contribution in [0.5, 0.6) is 5.75 Å². The molecule has 1 aliphatic heterocycles. The molecule has 116 valence electrons.